The normalized spacial score (nSPS) is 11.5. The number of hydrogen-bond donors (Lipinski definition) is 2. The van der Waals surface area contributed by atoms with Crippen molar-refractivity contribution in [1.82, 2.24) is 25.5 Å². The number of aromatic nitrogens is 2. The van der Waals surface area contributed by atoms with Crippen molar-refractivity contribution in [1.29, 1.82) is 0 Å². The van der Waals surface area contributed by atoms with Crippen molar-refractivity contribution in [2.24, 2.45) is 0 Å². The number of carbonyl (C=O) groups excluding carboxylic acids is 3. The van der Waals surface area contributed by atoms with Crippen molar-refractivity contribution >= 4 is 29.9 Å². The van der Waals surface area contributed by atoms with Crippen LogP contribution in [-0.4, -0.2) is 66.6 Å². The first-order chi connectivity index (χ1) is 14.9. The molecule has 0 spiro atoms. The predicted molar refractivity (Wildman–Crippen MR) is 117 cm³/mol. The number of aldehydes is 1. The Morgan fingerprint density at radius 1 is 1.23 bits per heavy atom. The van der Waals surface area contributed by atoms with Crippen LogP contribution >= 0.6 is 11.6 Å². The molecule has 0 fully saturated rings. The fourth-order valence-electron chi connectivity index (χ4n) is 2.83. The number of hydrogen-bond acceptors (Lipinski definition) is 7. The molecule has 31 heavy (non-hydrogen) atoms. The Kier molecular flexibility index (Phi) is 9.36. The van der Waals surface area contributed by atoms with Crippen LogP contribution in [0.15, 0.2) is 30.3 Å². The van der Waals surface area contributed by atoms with Gasteiger partial charge >= 0.3 is 6.09 Å². The highest BCUT2D eigenvalue weighted by Crippen LogP contribution is 2.21. The van der Waals surface area contributed by atoms with E-state index in [1.54, 1.807) is 12.1 Å². The molecule has 2 rings (SSSR count). The number of nitrogens with zero attached hydrogens (tertiary/aromatic N) is 3. The van der Waals surface area contributed by atoms with Crippen LogP contribution in [0.3, 0.4) is 0 Å². The van der Waals surface area contributed by atoms with Crippen molar-refractivity contribution in [3.63, 3.8) is 0 Å². The van der Waals surface area contributed by atoms with Crippen LogP contribution in [0.25, 0.3) is 11.3 Å². The molecule has 0 aliphatic heterocycles. The van der Waals surface area contributed by atoms with Crippen LogP contribution in [0.1, 0.15) is 17.9 Å². The molecule has 1 aromatic heterocycles. The van der Waals surface area contributed by atoms with Gasteiger partial charge in [-0.05, 0) is 45.0 Å². The van der Waals surface area contributed by atoms with E-state index in [0.717, 1.165) is 21.9 Å². The number of benzene rings is 1. The van der Waals surface area contributed by atoms with E-state index in [0.29, 0.717) is 30.0 Å². The summed E-state index contributed by atoms with van der Waals surface area (Å²) in [6, 6.07) is 9.27. The summed E-state index contributed by atoms with van der Waals surface area (Å²) in [5.74, 6) is 0.226. The summed E-state index contributed by atoms with van der Waals surface area (Å²) in [5.41, 5.74) is 2.53. The monoisotopic (exact) mass is 447 g/mol. The van der Waals surface area contributed by atoms with Crippen molar-refractivity contribution < 1.29 is 19.1 Å². The highest BCUT2D eigenvalue weighted by molar-refractivity contribution is 6.30. The SMILES string of the molecule is CNC(=O)CN(C(=O)OCCCc1cc(-c2ccc(Cl)cc2)nc(C)n1)C(C=O)NC. The van der Waals surface area contributed by atoms with Crippen LogP contribution < -0.4 is 10.6 Å². The maximum atomic E-state index is 12.4. The minimum Gasteiger partial charge on any atom is -0.449 e. The first-order valence-corrected chi connectivity index (χ1v) is 10.1. The van der Waals surface area contributed by atoms with E-state index >= 15 is 0 Å². The zero-order chi connectivity index (χ0) is 22.8. The summed E-state index contributed by atoms with van der Waals surface area (Å²) >= 11 is 5.94. The topological polar surface area (TPSA) is 114 Å². The molecule has 0 radical (unpaired) electrons. The van der Waals surface area contributed by atoms with Gasteiger partial charge in [0.05, 0.1) is 12.3 Å². The Balaban J connectivity index is 1.96. The molecule has 0 aliphatic carbocycles. The first kappa shape index (κ1) is 24.2. The van der Waals surface area contributed by atoms with Gasteiger partial charge in [0.15, 0.2) is 6.29 Å². The number of rotatable bonds is 10. The molecular weight excluding hydrogens is 422 g/mol. The lowest BCUT2D eigenvalue weighted by Gasteiger charge is -2.26. The van der Waals surface area contributed by atoms with E-state index in [4.69, 9.17) is 16.3 Å². The lowest BCUT2D eigenvalue weighted by atomic mass is 10.1. The third-order valence-corrected chi connectivity index (χ3v) is 4.67. The molecule has 9 nitrogen and oxygen atoms in total. The van der Waals surface area contributed by atoms with E-state index in [2.05, 4.69) is 20.6 Å². The van der Waals surface area contributed by atoms with Gasteiger partial charge in [0, 0.05) is 23.3 Å². The lowest BCUT2D eigenvalue weighted by molar-refractivity contribution is -0.123. The highest BCUT2D eigenvalue weighted by Gasteiger charge is 2.25. The Morgan fingerprint density at radius 2 is 1.94 bits per heavy atom. The zero-order valence-corrected chi connectivity index (χ0v) is 18.5. The average Bonchev–Trinajstić information content (AvgIpc) is 2.76. The summed E-state index contributed by atoms with van der Waals surface area (Å²) in [6.07, 6.45) is -0.101. The maximum Gasteiger partial charge on any atom is 0.411 e. The average molecular weight is 448 g/mol. The molecule has 0 saturated heterocycles. The van der Waals surface area contributed by atoms with E-state index in [1.807, 2.05) is 25.1 Å². The highest BCUT2D eigenvalue weighted by atomic mass is 35.5. The van der Waals surface area contributed by atoms with Crippen molar-refractivity contribution in [3.8, 4) is 11.3 Å². The second kappa shape index (κ2) is 12.0. The van der Waals surface area contributed by atoms with Gasteiger partial charge in [-0.2, -0.15) is 0 Å². The summed E-state index contributed by atoms with van der Waals surface area (Å²) in [6.45, 7) is 1.63. The van der Waals surface area contributed by atoms with Gasteiger partial charge in [0.25, 0.3) is 0 Å². The largest absolute Gasteiger partial charge is 0.449 e. The van der Waals surface area contributed by atoms with Crippen LogP contribution in [0.4, 0.5) is 4.79 Å². The van der Waals surface area contributed by atoms with Crippen molar-refractivity contribution in [2.45, 2.75) is 25.9 Å². The van der Waals surface area contributed by atoms with E-state index < -0.39 is 18.2 Å². The molecule has 2 N–H and O–H groups in total. The molecule has 2 aromatic rings. The fourth-order valence-corrected chi connectivity index (χ4v) is 2.96. The van der Waals surface area contributed by atoms with Gasteiger partial charge in [-0.1, -0.05) is 23.7 Å². The lowest BCUT2D eigenvalue weighted by Crippen LogP contribution is -2.52. The molecule has 10 heteroatoms. The molecule has 2 amide bonds. The number of carbonyl (C=O) groups is 3. The summed E-state index contributed by atoms with van der Waals surface area (Å²) < 4.78 is 5.26. The van der Waals surface area contributed by atoms with Crippen molar-refractivity contribution in [3.05, 3.63) is 46.9 Å². The minimum atomic E-state index is -0.962. The Labute approximate surface area is 186 Å². The van der Waals surface area contributed by atoms with E-state index in [1.165, 1.54) is 14.1 Å². The standard InChI is InChI=1S/C21H26ClN5O4/c1-14-25-17(11-18(26-14)15-6-8-16(22)9-7-15)5-4-10-31-21(30)27(12-20(29)24-3)19(13-28)23-2/h6-9,11,13,19,23H,4-5,10,12H2,1-3H3,(H,24,29). The van der Waals surface area contributed by atoms with Crippen molar-refractivity contribution in [2.75, 3.05) is 27.2 Å². The quantitative estimate of drug-likeness (QED) is 0.325. The molecule has 1 atom stereocenters. The zero-order valence-electron chi connectivity index (χ0n) is 17.7. The molecule has 1 heterocycles. The smallest absolute Gasteiger partial charge is 0.411 e. The number of halogens is 1. The summed E-state index contributed by atoms with van der Waals surface area (Å²) in [5, 5.41) is 5.73. The van der Waals surface area contributed by atoms with Gasteiger partial charge in [0.2, 0.25) is 5.91 Å². The third kappa shape index (κ3) is 7.30. The molecule has 166 valence electrons. The fraction of sp³-hybridized carbons (Fsp3) is 0.381. The molecule has 1 aromatic carbocycles. The van der Waals surface area contributed by atoms with E-state index in [9.17, 15) is 14.4 Å². The predicted octanol–water partition coefficient (Wildman–Crippen LogP) is 1.97. The Bertz CT molecular complexity index is 907. The number of likely N-dealkylation sites (N-methyl/N-ethyl adjacent to an activating group) is 2. The second-order valence-corrected chi connectivity index (χ2v) is 7.12. The van der Waals surface area contributed by atoms with Crippen LogP contribution in [-0.2, 0) is 20.7 Å². The van der Waals surface area contributed by atoms with Gasteiger partial charge in [-0.15, -0.1) is 0 Å². The Morgan fingerprint density at radius 3 is 2.55 bits per heavy atom. The second-order valence-electron chi connectivity index (χ2n) is 6.69. The number of nitrogens with one attached hydrogen (secondary N) is 2. The number of ether oxygens (including phenoxy) is 1. The number of aryl methyl sites for hydroxylation is 2. The minimum absolute atomic E-state index is 0.109. The first-order valence-electron chi connectivity index (χ1n) is 9.75. The molecule has 0 saturated carbocycles. The Hall–Kier alpha value is -3.04. The van der Waals surface area contributed by atoms with Crippen LogP contribution in [0, 0.1) is 6.92 Å². The van der Waals surface area contributed by atoms with Gasteiger partial charge in [-0.3, -0.25) is 19.8 Å². The summed E-state index contributed by atoms with van der Waals surface area (Å²) in [4.78, 5) is 45.2. The molecule has 1 unspecified atom stereocenters. The molecule has 0 aliphatic rings. The van der Waals surface area contributed by atoms with Gasteiger partial charge < -0.3 is 10.1 Å². The van der Waals surface area contributed by atoms with Gasteiger partial charge in [0.1, 0.15) is 18.5 Å². The van der Waals surface area contributed by atoms with E-state index in [-0.39, 0.29) is 13.2 Å². The van der Waals surface area contributed by atoms with Crippen LogP contribution in [0.5, 0.6) is 0 Å². The summed E-state index contributed by atoms with van der Waals surface area (Å²) in [7, 11) is 2.96. The third-order valence-electron chi connectivity index (χ3n) is 4.42. The number of amides is 2. The molecule has 0 bridgehead atoms. The maximum absolute atomic E-state index is 12.4. The molecular formula is C21H26ClN5O4. The van der Waals surface area contributed by atoms with Crippen LogP contribution in [0.2, 0.25) is 5.02 Å². The van der Waals surface area contributed by atoms with Gasteiger partial charge in [-0.25, -0.2) is 14.8 Å².